The lowest BCUT2D eigenvalue weighted by atomic mass is 9.99. The van der Waals surface area contributed by atoms with Gasteiger partial charge in [-0.2, -0.15) is 0 Å². The van der Waals surface area contributed by atoms with E-state index in [4.69, 9.17) is 42.3 Å². The number of rotatable bonds is 18. The number of ether oxygens (including phenoxy) is 8. The maximum Gasteiger partial charge on any atom is 0.338 e. The smallest absolute Gasteiger partial charge is 0.338 e. The minimum Gasteiger partial charge on any atom is -0.497 e. The topological polar surface area (TPSA) is 100 Å². The van der Waals surface area contributed by atoms with Gasteiger partial charge >= 0.3 is 5.97 Å². The number of carbonyl (C=O) groups excluding carboxylic acids is 1. The SMILES string of the molecule is CCOC(=O)[C@@H]1OC(C)(C)O[C@@H]1C[C@H](C[C@@H](OC)[C@@H](COCc1ccc(OC)cc1)OCOC)O[Si](C)(C)C(C)(C)C. The van der Waals surface area contributed by atoms with Crippen LogP contribution in [0, 0.1) is 0 Å². The molecule has 5 atom stereocenters. The zero-order chi connectivity index (χ0) is 31.6. The Kier molecular flexibility index (Phi) is 14.4. The van der Waals surface area contributed by atoms with Gasteiger partial charge in [-0.15, -0.1) is 0 Å². The first-order chi connectivity index (χ1) is 19.7. The van der Waals surface area contributed by atoms with E-state index in [1.165, 1.54) is 0 Å². The summed E-state index contributed by atoms with van der Waals surface area (Å²) in [6.45, 7) is 17.4. The van der Waals surface area contributed by atoms with Crippen LogP contribution in [0.15, 0.2) is 24.3 Å². The molecule has 242 valence electrons. The van der Waals surface area contributed by atoms with Gasteiger partial charge in [-0.1, -0.05) is 32.9 Å². The number of methoxy groups -OCH3 is 3. The van der Waals surface area contributed by atoms with E-state index in [0.717, 1.165) is 11.3 Å². The van der Waals surface area contributed by atoms with Crippen molar-refractivity contribution in [3.05, 3.63) is 29.8 Å². The molecule has 1 aliphatic heterocycles. The van der Waals surface area contributed by atoms with Gasteiger partial charge in [-0.3, -0.25) is 0 Å². The fraction of sp³-hybridized carbons (Fsp3) is 0.774. The summed E-state index contributed by atoms with van der Waals surface area (Å²) in [7, 11) is 2.64. The molecule has 0 bridgehead atoms. The van der Waals surface area contributed by atoms with Gasteiger partial charge in [0.1, 0.15) is 24.8 Å². The first kappa shape index (κ1) is 36.6. The van der Waals surface area contributed by atoms with Crippen LogP contribution in [0.25, 0.3) is 0 Å². The summed E-state index contributed by atoms with van der Waals surface area (Å²) in [5.41, 5.74) is 1.01. The van der Waals surface area contributed by atoms with Gasteiger partial charge in [0.2, 0.25) is 0 Å². The van der Waals surface area contributed by atoms with Crippen molar-refractivity contribution in [1.82, 2.24) is 0 Å². The quantitative estimate of drug-likeness (QED) is 0.120. The Hall–Kier alpha value is -1.57. The predicted molar refractivity (Wildman–Crippen MR) is 162 cm³/mol. The molecule has 42 heavy (non-hydrogen) atoms. The predicted octanol–water partition coefficient (Wildman–Crippen LogP) is 5.47. The Morgan fingerprint density at radius 1 is 1.05 bits per heavy atom. The first-order valence-electron chi connectivity index (χ1n) is 14.7. The average molecular weight is 615 g/mol. The fourth-order valence-corrected chi connectivity index (χ4v) is 5.95. The van der Waals surface area contributed by atoms with E-state index in [1.54, 1.807) is 42.1 Å². The standard InChI is InChI=1S/C31H54O10Si/c1-12-37-29(32)28-26(39-31(5,6)40-28)18-24(41-42(10,11)30(2,3)4)17-25(35-9)27(38-21-33-7)20-36-19-22-13-15-23(34-8)16-14-22/h13-16,24-28H,12,17-21H2,1-11H3/t24-,25+,26+,27+,28+/m0/s1. The van der Waals surface area contributed by atoms with E-state index >= 15 is 0 Å². The highest BCUT2D eigenvalue weighted by Gasteiger charge is 2.48. The molecule has 1 aromatic rings. The lowest BCUT2D eigenvalue weighted by molar-refractivity contribution is -0.170. The van der Waals surface area contributed by atoms with E-state index in [9.17, 15) is 4.79 Å². The molecule has 2 rings (SSSR count). The molecule has 1 aliphatic rings. The number of hydrogen-bond acceptors (Lipinski definition) is 10. The molecule has 0 amide bonds. The molecule has 0 aromatic heterocycles. The summed E-state index contributed by atoms with van der Waals surface area (Å²) in [6.07, 6.45) is -1.62. The molecule has 1 aromatic carbocycles. The minimum absolute atomic E-state index is 0.0336. The maximum atomic E-state index is 12.8. The lowest BCUT2D eigenvalue weighted by Gasteiger charge is -2.41. The third-order valence-electron chi connectivity index (χ3n) is 7.79. The maximum absolute atomic E-state index is 12.8. The van der Waals surface area contributed by atoms with Gasteiger partial charge < -0.3 is 42.3 Å². The van der Waals surface area contributed by atoms with Crippen molar-refractivity contribution >= 4 is 14.3 Å². The van der Waals surface area contributed by atoms with Gasteiger partial charge in [-0.25, -0.2) is 4.79 Å². The Balaban J connectivity index is 2.25. The van der Waals surface area contributed by atoms with Crippen LogP contribution >= 0.6 is 0 Å². The number of esters is 1. The molecule has 11 heteroatoms. The van der Waals surface area contributed by atoms with Crippen LogP contribution in [0.1, 0.15) is 59.9 Å². The van der Waals surface area contributed by atoms with Crippen molar-refractivity contribution < 1.29 is 47.1 Å². The van der Waals surface area contributed by atoms with E-state index in [1.807, 2.05) is 24.3 Å². The first-order valence-corrected chi connectivity index (χ1v) is 17.6. The molecule has 0 unspecified atom stereocenters. The normalized spacial score (nSPS) is 21.1. The third-order valence-corrected chi connectivity index (χ3v) is 12.3. The molecular weight excluding hydrogens is 560 g/mol. The van der Waals surface area contributed by atoms with Crippen molar-refractivity contribution in [2.75, 3.05) is 41.3 Å². The Bertz CT molecular complexity index is 931. The Morgan fingerprint density at radius 2 is 1.71 bits per heavy atom. The van der Waals surface area contributed by atoms with E-state index in [2.05, 4.69) is 33.9 Å². The summed E-state index contributed by atoms with van der Waals surface area (Å²) in [4.78, 5) is 12.8. The average Bonchev–Trinajstić information content (AvgIpc) is 3.22. The van der Waals surface area contributed by atoms with Crippen LogP contribution in [0.3, 0.4) is 0 Å². The summed E-state index contributed by atoms with van der Waals surface area (Å²) >= 11 is 0. The van der Waals surface area contributed by atoms with Gasteiger partial charge in [-0.05, 0) is 56.6 Å². The van der Waals surface area contributed by atoms with E-state index in [0.29, 0.717) is 19.4 Å². The summed E-state index contributed by atoms with van der Waals surface area (Å²) in [5.74, 6) is -0.572. The van der Waals surface area contributed by atoms with Crippen LogP contribution in [-0.4, -0.2) is 91.9 Å². The molecule has 0 radical (unpaired) electrons. The highest BCUT2D eigenvalue weighted by Crippen LogP contribution is 2.40. The molecule has 1 saturated heterocycles. The zero-order valence-corrected chi connectivity index (χ0v) is 28.5. The third kappa shape index (κ3) is 11.2. The highest BCUT2D eigenvalue weighted by molar-refractivity contribution is 6.74. The molecule has 1 heterocycles. The molecule has 0 N–H and O–H groups in total. The summed E-state index contributed by atoms with van der Waals surface area (Å²) in [6, 6.07) is 7.73. The number of benzene rings is 1. The molecule has 0 saturated carbocycles. The summed E-state index contributed by atoms with van der Waals surface area (Å²) < 4.78 is 53.0. The fourth-order valence-electron chi connectivity index (χ4n) is 4.57. The Morgan fingerprint density at radius 3 is 2.26 bits per heavy atom. The van der Waals surface area contributed by atoms with Crippen molar-refractivity contribution in [2.24, 2.45) is 0 Å². The van der Waals surface area contributed by atoms with Crippen molar-refractivity contribution in [3.8, 4) is 5.75 Å². The van der Waals surface area contributed by atoms with Crippen LogP contribution in [0.2, 0.25) is 18.1 Å². The second-order valence-corrected chi connectivity index (χ2v) is 17.3. The van der Waals surface area contributed by atoms with Crippen LogP contribution in [0.4, 0.5) is 0 Å². The number of hydrogen-bond donors (Lipinski definition) is 0. The number of carbonyl (C=O) groups is 1. The lowest BCUT2D eigenvalue weighted by Crippen LogP contribution is -2.48. The largest absolute Gasteiger partial charge is 0.497 e. The van der Waals surface area contributed by atoms with Crippen molar-refractivity contribution in [3.63, 3.8) is 0 Å². The van der Waals surface area contributed by atoms with Crippen LogP contribution in [0.5, 0.6) is 5.75 Å². The van der Waals surface area contributed by atoms with Crippen LogP contribution in [-0.2, 0) is 49.0 Å². The molecular formula is C31H54O10Si. The highest BCUT2D eigenvalue weighted by atomic mass is 28.4. The zero-order valence-electron chi connectivity index (χ0n) is 27.5. The van der Waals surface area contributed by atoms with Crippen molar-refractivity contribution in [1.29, 1.82) is 0 Å². The van der Waals surface area contributed by atoms with E-state index in [-0.39, 0.29) is 37.3 Å². The van der Waals surface area contributed by atoms with Gasteiger partial charge in [0.05, 0.1) is 39.1 Å². The Labute approximate surface area is 253 Å². The molecule has 10 nitrogen and oxygen atoms in total. The molecule has 1 fully saturated rings. The van der Waals surface area contributed by atoms with Crippen LogP contribution < -0.4 is 4.74 Å². The molecule has 0 spiro atoms. The van der Waals surface area contributed by atoms with Gasteiger partial charge in [0.15, 0.2) is 20.2 Å². The summed E-state index contributed by atoms with van der Waals surface area (Å²) in [5, 5.41) is -0.0336. The minimum atomic E-state index is -2.23. The van der Waals surface area contributed by atoms with Crippen molar-refractivity contribution in [2.45, 2.75) is 115 Å². The monoisotopic (exact) mass is 614 g/mol. The van der Waals surface area contributed by atoms with Gasteiger partial charge in [0, 0.05) is 27.1 Å². The van der Waals surface area contributed by atoms with E-state index < -0.39 is 38.4 Å². The molecule has 0 aliphatic carbocycles. The van der Waals surface area contributed by atoms with Gasteiger partial charge in [0.25, 0.3) is 0 Å². The second-order valence-electron chi connectivity index (χ2n) is 12.6. The second kappa shape index (κ2) is 16.5.